The number of allylic oxidation sites excluding steroid dienone is 2. The molecule has 24 heavy (non-hydrogen) atoms. The number of Topliss-reactive ketones (excluding diaryl/α,β-unsaturated/α-hetero) is 1. The van der Waals surface area contributed by atoms with E-state index in [1.54, 1.807) is 17.4 Å². The van der Waals surface area contributed by atoms with Crippen LogP contribution in [0.1, 0.15) is 40.2 Å². The maximum Gasteiger partial charge on any atom is 0.232 e. The molecule has 0 N–H and O–H groups in total. The molecule has 1 aliphatic rings. The maximum absolute atomic E-state index is 12.6. The molecule has 0 radical (unpaired) electrons. The van der Waals surface area contributed by atoms with Crippen molar-refractivity contribution in [2.75, 3.05) is 6.61 Å². The van der Waals surface area contributed by atoms with Gasteiger partial charge in [-0.2, -0.15) is 0 Å². The Morgan fingerprint density at radius 3 is 2.71 bits per heavy atom. The summed E-state index contributed by atoms with van der Waals surface area (Å²) < 4.78 is 11.6. The van der Waals surface area contributed by atoms with Crippen LogP contribution in [0.5, 0.6) is 11.5 Å². The zero-order chi connectivity index (χ0) is 17.3. The highest BCUT2D eigenvalue weighted by atomic mass is 32.1. The molecule has 1 aromatic heterocycles. The lowest BCUT2D eigenvalue weighted by atomic mass is 10.0. The average Bonchev–Trinajstić information content (AvgIpc) is 3.04. The Hall–Kier alpha value is -2.33. The molecule has 0 saturated carbocycles. The number of thiophene rings is 1. The summed E-state index contributed by atoms with van der Waals surface area (Å²) in [5, 5.41) is 2.01. The van der Waals surface area contributed by atoms with Gasteiger partial charge in [-0.05, 0) is 62.4 Å². The van der Waals surface area contributed by atoms with Gasteiger partial charge in [0.15, 0.2) is 5.76 Å². The third-order valence-electron chi connectivity index (χ3n) is 3.85. The van der Waals surface area contributed by atoms with Gasteiger partial charge < -0.3 is 9.47 Å². The van der Waals surface area contributed by atoms with E-state index in [1.165, 1.54) is 5.57 Å². The van der Waals surface area contributed by atoms with Gasteiger partial charge in [0.2, 0.25) is 5.78 Å². The summed E-state index contributed by atoms with van der Waals surface area (Å²) in [6.45, 7) is 8.50. The molecular weight excluding hydrogens is 320 g/mol. The van der Waals surface area contributed by atoms with Crippen molar-refractivity contribution < 1.29 is 14.3 Å². The summed E-state index contributed by atoms with van der Waals surface area (Å²) in [7, 11) is 0. The van der Waals surface area contributed by atoms with Crippen molar-refractivity contribution in [1.82, 2.24) is 0 Å². The molecule has 0 aliphatic carbocycles. The molecule has 0 unspecified atom stereocenters. The van der Waals surface area contributed by atoms with Crippen LogP contribution in [0, 0.1) is 13.8 Å². The van der Waals surface area contributed by atoms with Crippen LogP contribution in [0.4, 0.5) is 0 Å². The number of hydrogen-bond donors (Lipinski definition) is 0. The minimum absolute atomic E-state index is 0.0638. The summed E-state index contributed by atoms with van der Waals surface area (Å²) in [5.74, 6) is 1.60. The van der Waals surface area contributed by atoms with Crippen molar-refractivity contribution in [3.8, 4) is 11.5 Å². The van der Waals surface area contributed by atoms with Crippen LogP contribution in [0.15, 0.2) is 41.0 Å². The molecule has 4 heteroatoms. The number of fused-ring (bicyclic) bond motifs is 1. The number of carbonyl (C=O) groups is 1. The van der Waals surface area contributed by atoms with E-state index in [0.29, 0.717) is 29.4 Å². The second-order valence-electron chi connectivity index (χ2n) is 6.11. The van der Waals surface area contributed by atoms with Crippen molar-refractivity contribution in [1.29, 1.82) is 0 Å². The number of aryl methyl sites for hydroxylation is 2. The Morgan fingerprint density at radius 2 is 2.04 bits per heavy atom. The van der Waals surface area contributed by atoms with Crippen LogP contribution >= 0.6 is 11.3 Å². The van der Waals surface area contributed by atoms with E-state index in [1.807, 2.05) is 57.4 Å². The third kappa shape index (κ3) is 3.29. The van der Waals surface area contributed by atoms with Gasteiger partial charge >= 0.3 is 0 Å². The normalized spacial score (nSPS) is 14.5. The average molecular weight is 340 g/mol. The zero-order valence-electron chi connectivity index (χ0n) is 14.3. The fourth-order valence-electron chi connectivity index (χ4n) is 2.52. The van der Waals surface area contributed by atoms with E-state index < -0.39 is 0 Å². The Balaban J connectivity index is 1.88. The SMILES string of the molecule is CC(C)=CCOc1cc(C)c2c(c1)O/C(=C\c1sccc1C)C2=O. The first-order valence-corrected chi connectivity index (χ1v) is 8.73. The van der Waals surface area contributed by atoms with Crippen molar-refractivity contribution in [2.24, 2.45) is 0 Å². The van der Waals surface area contributed by atoms with Gasteiger partial charge in [0.25, 0.3) is 0 Å². The molecular formula is C20H20O3S. The molecule has 3 rings (SSSR count). The van der Waals surface area contributed by atoms with Crippen molar-refractivity contribution in [3.05, 3.63) is 62.6 Å². The number of ether oxygens (including phenoxy) is 2. The topological polar surface area (TPSA) is 35.5 Å². The predicted molar refractivity (Wildman–Crippen MR) is 98.1 cm³/mol. The number of ketones is 1. The number of benzene rings is 1. The molecule has 0 amide bonds. The van der Waals surface area contributed by atoms with Gasteiger partial charge in [0.1, 0.15) is 18.1 Å². The highest BCUT2D eigenvalue weighted by molar-refractivity contribution is 7.11. The fraction of sp³-hybridized carbons (Fsp3) is 0.250. The fourth-order valence-corrected chi connectivity index (χ4v) is 3.36. The van der Waals surface area contributed by atoms with Gasteiger partial charge in [-0.3, -0.25) is 4.79 Å². The second kappa shape index (κ2) is 6.65. The van der Waals surface area contributed by atoms with E-state index in [2.05, 4.69) is 0 Å². The first kappa shape index (κ1) is 16.5. The van der Waals surface area contributed by atoms with E-state index in [0.717, 1.165) is 16.0 Å². The van der Waals surface area contributed by atoms with Gasteiger partial charge in [-0.15, -0.1) is 11.3 Å². The minimum Gasteiger partial charge on any atom is -0.489 e. The highest BCUT2D eigenvalue weighted by Crippen LogP contribution is 2.38. The highest BCUT2D eigenvalue weighted by Gasteiger charge is 2.30. The number of carbonyl (C=O) groups excluding carboxylic acids is 1. The van der Waals surface area contributed by atoms with Crippen molar-refractivity contribution in [3.63, 3.8) is 0 Å². The Kier molecular flexibility index (Phi) is 4.58. The smallest absolute Gasteiger partial charge is 0.232 e. The molecule has 0 bridgehead atoms. The Morgan fingerprint density at radius 1 is 1.25 bits per heavy atom. The third-order valence-corrected chi connectivity index (χ3v) is 4.82. The van der Waals surface area contributed by atoms with Crippen LogP contribution in [0.2, 0.25) is 0 Å². The minimum atomic E-state index is -0.0638. The van der Waals surface area contributed by atoms with E-state index in [9.17, 15) is 4.79 Å². The summed E-state index contributed by atoms with van der Waals surface area (Å²) in [6.07, 6.45) is 3.84. The molecule has 2 aromatic rings. The van der Waals surface area contributed by atoms with Gasteiger partial charge in [-0.25, -0.2) is 0 Å². The van der Waals surface area contributed by atoms with Gasteiger partial charge in [0.05, 0.1) is 5.56 Å². The van der Waals surface area contributed by atoms with Crippen LogP contribution in [0.25, 0.3) is 6.08 Å². The van der Waals surface area contributed by atoms with Crippen LogP contribution in [-0.2, 0) is 0 Å². The van der Waals surface area contributed by atoms with Crippen LogP contribution in [0.3, 0.4) is 0 Å². The van der Waals surface area contributed by atoms with Crippen LogP contribution < -0.4 is 9.47 Å². The van der Waals surface area contributed by atoms with Crippen molar-refractivity contribution >= 4 is 23.2 Å². The molecule has 124 valence electrons. The molecule has 0 fully saturated rings. The van der Waals surface area contributed by atoms with Gasteiger partial charge in [-0.1, -0.05) is 5.57 Å². The first-order valence-electron chi connectivity index (χ1n) is 7.85. The van der Waals surface area contributed by atoms with E-state index in [4.69, 9.17) is 9.47 Å². The molecule has 0 spiro atoms. The van der Waals surface area contributed by atoms with E-state index >= 15 is 0 Å². The lowest BCUT2D eigenvalue weighted by Crippen LogP contribution is -2.00. The van der Waals surface area contributed by atoms with Gasteiger partial charge in [0, 0.05) is 17.0 Å². The van der Waals surface area contributed by atoms with E-state index in [-0.39, 0.29) is 5.78 Å². The number of rotatable bonds is 4. The summed E-state index contributed by atoms with van der Waals surface area (Å²) in [4.78, 5) is 13.7. The maximum atomic E-state index is 12.6. The van der Waals surface area contributed by atoms with Crippen molar-refractivity contribution in [2.45, 2.75) is 27.7 Å². The zero-order valence-corrected chi connectivity index (χ0v) is 15.1. The second-order valence-corrected chi connectivity index (χ2v) is 7.06. The molecule has 0 saturated heterocycles. The number of hydrogen-bond acceptors (Lipinski definition) is 4. The molecule has 1 aromatic carbocycles. The first-order chi connectivity index (χ1) is 11.5. The molecule has 3 nitrogen and oxygen atoms in total. The monoisotopic (exact) mass is 340 g/mol. The van der Waals surface area contributed by atoms with Crippen LogP contribution in [-0.4, -0.2) is 12.4 Å². The molecule has 0 atom stereocenters. The lowest BCUT2D eigenvalue weighted by molar-refractivity contribution is 0.101. The Labute approximate surface area is 146 Å². The molecule has 1 aliphatic heterocycles. The largest absolute Gasteiger partial charge is 0.489 e. The molecule has 2 heterocycles. The summed E-state index contributed by atoms with van der Waals surface area (Å²) in [6, 6.07) is 5.71. The summed E-state index contributed by atoms with van der Waals surface area (Å²) >= 11 is 1.60. The lowest BCUT2D eigenvalue weighted by Gasteiger charge is -2.07. The standard InChI is InChI=1S/C20H20O3S/c1-12(2)5-7-22-15-9-14(4)19-16(10-15)23-17(20(19)21)11-18-13(3)6-8-24-18/h5-6,8-11H,7H2,1-4H3/b17-11-. The predicted octanol–water partition coefficient (Wildman–Crippen LogP) is 5.33. The Bertz CT molecular complexity index is 852. The summed E-state index contributed by atoms with van der Waals surface area (Å²) in [5.41, 5.74) is 3.85. The quantitative estimate of drug-likeness (QED) is 0.558.